The summed E-state index contributed by atoms with van der Waals surface area (Å²) < 4.78 is 22.7. The van der Waals surface area contributed by atoms with Crippen LogP contribution in [0.25, 0.3) is 0 Å². The highest BCUT2D eigenvalue weighted by Crippen LogP contribution is 2.14. The predicted molar refractivity (Wildman–Crippen MR) is 52.2 cm³/mol. The Bertz CT molecular complexity index is 410. The summed E-state index contributed by atoms with van der Waals surface area (Å²) in [5.41, 5.74) is 7.19. The molecule has 72 valence electrons. The summed E-state index contributed by atoms with van der Waals surface area (Å²) in [6, 6.07) is 5.03. The third-order valence-corrected chi connectivity index (χ3v) is 3.47. The molecular weight excluding hydrogens is 186 g/mol. The van der Waals surface area contributed by atoms with Crippen molar-refractivity contribution in [2.45, 2.75) is 18.7 Å². The Hall–Kier alpha value is -0.870. The van der Waals surface area contributed by atoms with Crippen LogP contribution in [0, 0.1) is 13.8 Å². The van der Waals surface area contributed by atoms with E-state index in [9.17, 15) is 8.42 Å². The number of hydrogen-bond acceptors (Lipinski definition) is 3. The van der Waals surface area contributed by atoms with Gasteiger partial charge in [-0.15, -0.1) is 0 Å². The van der Waals surface area contributed by atoms with Gasteiger partial charge in [0, 0.05) is 0 Å². The van der Waals surface area contributed by atoms with Gasteiger partial charge in [0.15, 0.2) is 9.84 Å². The Labute approximate surface area is 78.5 Å². The summed E-state index contributed by atoms with van der Waals surface area (Å²) in [5, 5.41) is 0. The molecule has 0 bridgehead atoms. The van der Waals surface area contributed by atoms with Gasteiger partial charge in [-0.25, -0.2) is 8.42 Å². The lowest BCUT2D eigenvalue weighted by atomic mass is 10.1. The topological polar surface area (TPSA) is 60.2 Å². The first-order chi connectivity index (χ1) is 5.97. The summed E-state index contributed by atoms with van der Waals surface area (Å²) in [4.78, 5) is 0.304. The fraction of sp³-hybridized carbons (Fsp3) is 0.333. The van der Waals surface area contributed by atoms with Crippen molar-refractivity contribution >= 4 is 9.84 Å². The molecule has 0 atom stereocenters. The van der Waals surface area contributed by atoms with Gasteiger partial charge in [-0.2, -0.15) is 0 Å². The number of nitrogens with two attached hydrogens (primary N) is 1. The Morgan fingerprint density at radius 2 is 1.85 bits per heavy atom. The minimum atomic E-state index is -3.26. The van der Waals surface area contributed by atoms with Crippen molar-refractivity contribution in [3.63, 3.8) is 0 Å². The molecule has 0 radical (unpaired) electrons. The number of sulfone groups is 1. The van der Waals surface area contributed by atoms with Crippen LogP contribution in [0.1, 0.15) is 11.1 Å². The molecule has 2 N–H and O–H groups in total. The zero-order valence-corrected chi connectivity index (χ0v) is 8.56. The molecule has 0 aliphatic carbocycles. The molecule has 0 aliphatic rings. The fourth-order valence-electron chi connectivity index (χ4n) is 1.00. The number of rotatable bonds is 2. The van der Waals surface area contributed by atoms with E-state index in [1.165, 1.54) is 0 Å². The largest absolute Gasteiger partial charge is 0.317 e. The highest BCUT2D eigenvalue weighted by Gasteiger charge is 2.11. The average molecular weight is 199 g/mol. The van der Waals surface area contributed by atoms with Crippen LogP contribution in [0.5, 0.6) is 0 Å². The van der Waals surface area contributed by atoms with Gasteiger partial charge in [0.05, 0.1) is 4.90 Å². The van der Waals surface area contributed by atoms with E-state index in [-0.39, 0.29) is 5.88 Å². The van der Waals surface area contributed by atoms with Crippen molar-refractivity contribution in [3.05, 3.63) is 29.3 Å². The Morgan fingerprint density at radius 3 is 2.31 bits per heavy atom. The molecule has 1 aromatic rings. The first-order valence-corrected chi connectivity index (χ1v) is 5.62. The van der Waals surface area contributed by atoms with Crippen molar-refractivity contribution < 1.29 is 8.42 Å². The van der Waals surface area contributed by atoms with Gasteiger partial charge in [-0.05, 0) is 37.1 Å². The zero-order valence-electron chi connectivity index (χ0n) is 7.74. The first-order valence-electron chi connectivity index (χ1n) is 3.97. The van der Waals surface area contributed by atoms with Crippen LogP contribution in [-0.2, 0) is 9.84 Å². The van der Waals surface area contributed by atoms with Crippen LogP contribution in [-0.4, -0.2) is 14.3 Å². The molecule has 1 aromatic carbocycles. The standard InChI is InChI=1S/C9H13NO2S/c1-7-3-4-9(5-8(7)2)13(11,12)6-10/h3-5H,6,10H2,1-2H3. The normalized spacial score (nSPS) is 11.6. The summed E-state index contributed by atoms with van der Waals surface area (Å²) in [6.45, 7) is 3.82. The molecule has 0 spiro atoms. The van der Waals surface area contributed by atoms with E-state index >= 15 is 0 Å². The van der Waals surface area contributed by atoms with Crippen LogP contribution in [0.4, 0.5) is 0 Å². The maximum absolute atomic E-state index is 11.3. The quantitative estimate of drug-likeness (QED) is 0.772. The Morgan fingerprint density at radius 1 is 1.23 bits per heavy atom. The minimum absolute atomic E-state index is 0.304. The number of aryl methyl sites for hydroxylation is 2. The third-order valence-electron chi connectivity index (χ3n) is 2.06. The monoisotopic (exact) mass is 199 g/mol. The molecule has 0 fully saturated rings. The van der Waals surface area contributed by atoms with E-state index in [4.69, 9.17) is 5.73 Å². The van der Waals surface area contributed by atoms with E-state index in [1.54, 1.807) is 18.2 Å². The molecule has 13 heavy (non-hydrogen) atoms. The second-order valence-electron chi connectivity index (χ2n) is 3.03. The summed E-state index contributed by atoms with van der Waals surface area (Å²) >= 11 is 0. The third kappa shape index (κ3) is 2.08. The van der Waals surface area contributed by atoms with Crippen LogP contribution in [0.2, 0.25) is 0 Å². The Kier molecular flexibility index (Phi) is 2.73. The van der Waals surface area contributed by atoms with Gasteiger partial charge in [-0.1, -0.05) is 6.07 Å². The maximum atomic E-state index is 11.3. The molecule has 0 heterocycles. The molecule has 1 rings (SSSR count). The van der Waals surface area contributed by atoms with Crippen molar-refractivity contribution in [1.82, 2.24) is 0 Å². The summed E-state index contributed by atoms with van der Waals surface area (Å²) in [7, 11) is -3.26. The van der Waals surface area contributed by atoms with Gasteiger partial charge in [0.2, 0.25) is 0 Å². The van der Waals surface area contributed by atoms with Gasteiger partial charge < -0.3 is 5.73 Å². The lowest BCUT2D eigenvalue weighted by molar-refractivity contribution is 0.596. The molecule has 3 nitrogen and oxygen atoms in total. The zero-order chi connectivity index (χ0) is 10.1. The molecular formula is C9H13NO2S. The van der Waals surface area contributed by atoms with Gasteiger partial charge >= 0.3 is 0 Å². The molecule has 0 amide bonds. The van der Waals surface area contributed by atoms with Crippen molar-refractivity contribution in [1.29, 1.82) is 0 Å². The molecule has 0 saturated heterocycles. The highest BCUT2D eigenvalue weighted by atomic mass is 32.2. The summed E-state index contributed by atoms with van der Waals surface area (Å²) in [5.74, 6) is -0.338. The molecule has 0 unspecified atom stereocenters. The van der Waals surface area contributed by atoms with Gasteiger partial charge in [0.1, 0.15) is 5.88 Å². The lowest BCUT2D eigenvalue weighted by Gasteiger charge is -2.04. The highest BCUT2D eigenvalue weighted by molar-refractivity contribution is 7.91. The lowest BCUT2D eigenvalue weighted by Crippen LogP contribution is -2.14. The van der Waals surface area contributed by atoms with E-state index in [1.807, 2.05) is 13.8 Å². The minimum Gasteiger partial charge on any atom is -0.317 e. The second-order valence-corrected chi connectivity index (χ2v) is 5.06. The van der Waals surface area contributed by atoms with E-state index in [0.29, 0.717) is 4.90 Å². The van der Waals surface area contributed by atoms with Crippen LogP contribution in [0.3, 0.4) is 0 Å². The van der Waals surface area contributed by atoms with Crippen LogP contribution in [0.15, 0.2) is 23.1 Å². The summed E-state index contributed by atoms with van der Waals surface area (Å²) in [6.07, 6.45) is 0. The van der Waals surface area contributed by atoms with E-state index in [2.05, 4.69) is 0 Å². The molecule has 0 aromatic heterocycles. The van der Waals surface area contributed by atoms with Gasteiger partial charge in [-0.3, -0.25) is 0 Å². The van der Waals surface area contributed by atoms with E-state index in [0.717, 1.165) is 11.1 Å². The molecule has 4 heteroatoms. The second kappa shape index (κ2) is 3.47. The fourth-order valence-corrected chi connectivity index (χ4v) is 1.83. The average Bonchev–Trinajstić information content (AvgIpc) is 2.09. The maximum Gasteiger partial charge on any atom is 0.191 e. The molecule has 0 aliphatic heterocycles. The van der Waals surface area contributed by atoms with Crippen LogP contribution < -0.4 is 5.73 Å². The SMILES string of the molecule is Cc1ccc(S(=O)(=O)CN)cc1C. The Balaban J connectivity index is 3.27. The van der Waals surface area contributed by atoms with Gasteiger partial charge in [0.25, 0.3) is 0 Å². The number of hydrogen-bond donors (Lipinski definition) is 1. The van der Waals surface area contributed by atoms with Crippen molar-refractivity contribution in [2.75, 3.05) is 5.88 Å². The smallest absolute Gasteiger partial charge is 0.191 e. The molecule has 0 saturated carbocycles. The number of benzene rings is 1. The predicted octanol–water partition coefficient (Wildman–Crippen LogP) is 0.993. The first kappa shape index (κ1) is 10.2. The van der Waals surface area contributed by atoms with Crippen LogP contribution >= 0.6 is 0 Å². The van der Waals surface area contributed by atoms with Crippen molar-refractivity contribution in [3.8, 4) is 0 Å². The van der Waals surface area contributed by atoms with Crippen molar-refractivity contribution in [2.24, 2.45) is 5.73 Å². The van der Waals surface area contributed by atoms with E-state index < -0.39 is 9.84 Å².